The summed E-state index contributed by atoms with van der Waals surface area (Å²) in [4.78, 5) is 10.1. The maximum absolute atomic E-state index is 5.80. The van der Waals surface area contributed by atoms with Gasteiger partial charge in [0.2, 0.25) is 0 Å². The maximum Gasteiger partial charge on any atom is 0.193 e. The average Bonchev–Trinajstić information content (AvgIpc) is 3.22. The van der Waals surface area contributed by atoms with Crippen molar-refractivity contribution < 1.29 is 9.47 Å². The molecule has 4 rings (SSSR count). The zero-order valence-corrected chi connectivity index (χ0v) is 16.4. The van der Waals surface area contributed by atoms with Gasteiger partial charge in [0.25, 0.3) is 0 Å². The Kier molecular flexibility index (Phi) is 6.14. The fourth-order valence-electron chi connectivity index (χ4n) is 4.40. The SMILES string of the molecule is CCNC(=NCC1CCOc2ccccc21)N1CCC(N2CCOCC2)C1. The van der Waals surface area contributed by atoms with E-state index in [-0.39, 0.29) is 0 Å². The molecule has 2 unspecified atom stereocenters. The summed E-state index contributed by atoms with van der Waals surface area (Å²) in [5, 5.41) is 3.51. The summed E-state index contributed by atoms with van der Waals surface area (Å²) in [7, 11) is 0. The Morgan fingerprint density at radius 2 is 2.00 bits per heavy atom. The van der Waals surface area contributed by atoms with Crippen LogP contribution >= 0.6 is 0 Å². The number of para-hydroxylation sites is 1. The number of aliphatic imine (C=N–C) groups is 1. The first-order valence-corrected chi connectivity index (χ1v) is 10.4. The monoisotopic (exact) mass is 372 g/mol. The number of nitrogens with zero attached hydrogens (tertiary/aromatic N) is 3. The van der Waals surface area contributed by atoms with Gasteiger partial charge in [-0.25, -0.2) is 0 Å². The molecule has 148 valence electrons. The Bertz CT molecular complexity index is 645. The highest BCUT2D eigenvalue weighted by Crippen LogP contribution is 2.33. The van der Waals surface area contributed by atoms with E-state index in [1.165, 1.54) is 12.0 Å². The van der Waals surface area contributed by atoms with Crippen LogP contribution in [0.25, 0.3) is 0 Å². The first-order valence-electron chi connectivity index (χ1n) is 10.4. The lowest BCUT2D eigenvalue weighted by molar-refractivity contribution is 0.0195. The molecule has 0 radical (unpaired) electrons. The normalized spacial score (nSPS) is 26.6. The van der Waals surface area contributed by atoms with Crippen molar-refractivity contribution in [3.63, 3.8) is 0 Å². The minimum atomic E-state index is 0.446. The van der Waals surface area contributed by atoms with Gasteiger partial charge in [0, 0.05) is 51.2 Å². The molecule has 3 aliphatic rings. The third-order valence-electron chi connectivity index (χ3n) is 5.90. The van der Waals surface area contributed by atoms with Crippen molar-refractivity contribution in [3.05, 3.63) is 29.8 Å². The molecule has 0 saturated carbocycles. The quantitative estimate of drug-likeness (QED) is 0.646. The summed E-state index contributed by atoms with van der Waals surface area (Å²) in [6.07, 6.45) is 2.25. The van der Waals surface area contributed by atoms with Crippen LogP contribution in [0.5, 0.6) is 5.75 Å². The Hall–Kier alpha value is -1.79. The van der Waals surface area contributed by atoms with Crippen molar-refractivity contribution in [1.82, 2.24) is 15.1 Å². The molecule has 0 aliphatic carbocycles. The smallest absolute Gasteiger partial charge is 0.193 e. The summed E-state index contributed by atoms with van der Waals surface area (Å²) in [6, 6.07) is 9.03. The van der Waals surface area contributed by atoms with Gasteiger partial charge in [-0.05, 0) is 31.4 Å². The molecule has 0 spiro atoms. The minimum absolute atomic E-state index is 0.446. The van der Waals surface area contributed by atoms with E-state index < -0.39 is 0 Å². The number of morpholine rings is 1. The summed E-state index contributed by atoms with van der Waals surface area (Å²) in [6.45, 7) is 10.7. The molecule has 0 amide bonds. The third kappa shape index (κ3) is 4.38. The van der Waals surface area contributed by atoms with Crippen molar-refractivity contribution >= 4 is 5.96 Å². The summed E-state index contributed by atoms with van der Waals surface area (Å²) in [5.74, 6) is 2.54. The number of fused-ring (bicyclic) bond motifs is 1. The van der Waals surface area contributed by atoms with Gasteiger partial charge in [-0.2, -0.15) is 0 Å². The van der Waals surface area contributed by atoms with Crippen LogP contribution in [-0.2, 0) is 4.74 Å². The molecule has 1 aromatic carbocycles. The van der Waals surface area contributed by atoms with Gasteiger partial charge in [-0.3, -0.25) is 9.89 Å². The van der Waals surface area contributed by atoms with Gasteiger partial charge >= 0.3 is 0 Å². The Balaban J connectivity index is 1.41. The molecule has 2 atom stereocenters. The van der Waals surface area contributed by atoms with E-state index in [2.05, 4.69) is 40.2 Å². The second-order valence-corrected chi connectivity index (χ2v) is 7.60. The van der Waals surface area contributed by atoms with Crippen molar-refractivity contribution in [2.75, 3.05) is 59.1 Å². The Labute approximate surface area is 162 Å². The van der Waals surface area contributed by atoms with Crippen molar-refractivity contribution in [2.45, 2.75) is 31.7 Å². The molecule has 3 aliphatic heterocycles. The van der Waals surface area contributed by atoms with E-state index in [1.54, 1.807) is 0 Å². The molecule has 1 N–H and O–H groups in total. The Morgan fingerprint density at radius 1 is 1.15 bits per heavy atom. The number of hydrogen-bond donors (Lipinski definition) is 1. The molecule has 6 heteroatoms. The van der Waals surface area contributed by atoms with Gasteiger partial charge in [0.05, 0.1) is 19.8 Å². The predicted octanol–water partition coefficient (Wildman–Crippen LogP) is 1.92. The van der Waals surface area contributed by atoms with Gasteiger partial charge in [0.1, 0.15) is 5.75 Å². The van der Waals surface area contributed by atoms with Gasteiger partial charge in [0.15, 0.2) is 5.96 Å². The number of benzene rings is 1. The van der Waals surface area contributed by atoms with Crippen LogP contribution < -0.4 is 10.1 Å². The summed E-state index contributed by atoms with van der Waals surface area (Å²) < 4.78 is 11.3. The number of hydrogen-bond acceptors (Lipinski definition) is 4. The highest BCUT2D eigenvalue weighted by Gasteiger charge is 2.30. The highest BCUT2D eigenvalue weighted by atomic mass is 16.5. The lowest BCUT2D eigenvalue weighted by Crippen LogP contribution is -2.46. The third-order valence-corrected chi connectivity index (χ3v) is 5.90. The van der Waals surface area contributed by atoms with Crippen LogP contribution in [0.4, 0.5) is 0 Å². The van der Waals surface area contributed by atoms with Crippen molar-refractivity contribution in [2.24, 2.45) is 4.99 Å². The second-order valence-electron chi connectivity index (χ2n) is 7.60. The van der Waals surface area contributed by atoms with E-state index >= 15 is 0 Å². The molecule has 0 aromatic heterocycles. The molecule has 27 heavy (non-hydrogen) atoms. The molecule has 6 nitrogen and oxygen atoms in total. The van der Waals surface area contributed by atoms with Gasteiger partial charge in [-0.1, -0.05) is 18.2 Å². The summed E-state index contributed by atoms with van der Waals surface area (Å²) >= 11 is 0. The standard InChI is InChI=1S/C21H32N4O2/c1-2-22-21(25-9-7-18(16-25)24-10-13-26-14-11-24)23-15-17-8-12-27-20-6-4-3-5-19(17)20/h3-6,17-18H,2,7-16H2,1H3,(H,22,23). The fraction of sp³-hybridized carbons (Fsp3) is 0.667. The largest absolute Gasteiger partial charge is 0.493 e. The van der Waals surface area contributed by atoms with Crippen LogP contribution in [0.3, 0.4) is 0 Å². The topological polar surface area (TPSA) is 49.3 Å². The first-order chi connectivity index (χ1) is 13.3. The molecule has 1 aromatic rings. The van der Waals surface area contributed by atoms with Crippen molar-refractivity contribution in [3.8, 4) is 5.75 Å². The lowest BCUT2D eigenvalue weighted by atomic mass is 9.93. The van der Waals surface area contributed by atoms with Crippen LogP contribution in [0, 0.1) is 0 Å². The number of guanidine groups is 1. The average molecular weight is 373 g/mol. The van der Waals surface area contributed by atoms with Crippen LogP contribution in [0.2, 0.25) is 0 Å². The number of likely N-dealkylation sites (tertiary alicyclic amines) is 1. The lowest BCUT2D eigenvalue weighted by Gasteiger charge is -2.32. The first kappa shape index (κ1) is 18.6. The predicted molar refractivity (Wildman–Crippen MR) is 108 cm³/mol. The molecule has 0 bridgehead atoms. The molecular formula is C21H32N4O2. The Morgan fingerprint density at radius 3 is 2.85 bits per heavy atom. The number of ether oxygens (including phenoxy) is 2. The van der Waals surface area contributed by atoms with E-state index in [0.717, 1.165) is 77.2 Å². The number of nitrogens with one attached hydrogen (secondary N) is 1. The number of rotatable bonds is 4. The van der Waals surface area contributed by atoms with E-state index in [1.807, 2.05) is 6.07 Å². The minimum Gasteiger partial charge on any atom is -0.493 e. The van der Waals surface area contributed by atoms with Gasteiger partial charge < -0.3 is 19.7 Å². The second kappa shape index (κ2) is 8.93. The van der Waals surface area contributed by atoms with E-state index in [9.17, 15) is 0 Å². The maximum atomic E-state index is 5.80. The van der Waals surface area contributed by atoms with Crippen LogP contribution in [0.15, 0.2) is 29.3 Å². The van der Waals surface area contributed by atoms with E-state index in [4.69, 9.17) is 14.5 Å². The zero-order valence-electron chi connectivity index (χ0n) is 16.4. The fourth-order valence-corrected chi connectivity index (χ4v) is 4.40. The highest BCUT2D eigenvalue weighted by molar-refractivity contribution is 5.80. The molecule has 3 heterocycles. The van der Waals surface area contributed by atoms with Crippen LogP contribution in [0.1, 0.15) is 31.2 Å². The molecule has 2 fully saturated rings. The van der Waals surface area contributed by atoms with E-state index in [0.29, 0.717) is 12.0 Å². The molecular weight excluding hydrogens is 340 g/mol. The zero-order chi connectivity index (χ0) is 18.5. The van der Waals surface area contributed by atoms with Crippen LogP contribution in [-0.4, -0.2) is 80.9 Å². The van der Waals surface area contributed by atoms with Gasteiger partial charge in [-0.15, -0.1) is 0 Å². The molecule has 2 saturated heterocycles. The van der Waals surface area contributed by atoms with Crippen molar-refractivity contribution in [1.29, 1.82) is 0 Å². The summed E-state index contributed by atoms with van der Waals surface area (Å²) in [5.41, 5.74) is 1.30.